The molecule has 0 saturated carbocycles. The molecule has 2 aliphatic rings. The molecule has 0 radical (unpaired) electrons. The zero-order chi connectivity index (χ0) is 33.6. The summed E-state index contributed by atoms with van der Waals surface area (Å²) in [5.74, 6) is 0. The molecule has 2 atom stereocenters. The van der Waals surface area contributed by atoms with Gasteiger partial charge in [0, 0.05) is 22.3 Å². The van der Waals surface area contributed by atoms with Gasteiger partial charge in [-0.1, -0.05) is 170 Å². The monoisotopic (exact) mass is 648 g/mol. The molecule has 2 unspecified atom stereocenters. The minimum atomic E-state index is -0.889. The Morgan fingerprint density at radius 1 is 0.314 bits per heavy atom. The van der Waals surface area contributed by atoms with E-state index in [-0.39, 0.29) is 0 Å². The van der Waals surface area contributed by atoms with Crippen molar-refractivity contribution in [2.75, 3.05) is 0 Å². The van der Waals surface area contributed by atoms with Gasteiger partial charge >= 0.3 is 0 Å². The van der Waals surface area contributed by atoms with Crippen LogP contribution in [0, 0.1) is 0 Å². The number of ether oxygens (including phenoxy) is 1. The predicted molar refractivity (Wildman–Crippen MR) is 210 cm³/mol. The lowest BCUT2D eigenvalue weighted by molar-refractivity contribution is -0.0254. The van der Waals surface area contributed by atoms with Crippen molar-refractivity contribution in [3.8, 4) is 22.3 Å². The van der Waals surface area contributed by atoms with E-state index in [2.05, 4.69) is 194 Å². The lowest BCUT2D eigenvalue weighted by atomic mass is 9.63. The molecule has 0 aromatic heterocycles. The Morgan fingerprint density at radius 2 is 0.627 bits per heavy atom. The van der Waals surface area contributed by atoms with Gasteiger partial charge in [0.1, 0.15) is 11.2 Å². The Bertz CT molecular complexity index is 2610. The van der Waals surface area contributed by atoms with Crippen molar-refractivity contribution in [3.63, 3.8) is 0 Å². The van der Waals surface area contributed by atoms with Gasteiger partial charge in [0.15, 0.2) is 0 Å². The van der Waals surface area contributed by atoms with E-state index in [1.54, 1.807) is 0 Å². The zero-order valence-corrected chi connectivity index (χ0v) is 27.9. The molecule has 9 aromatic rings. The van der Waals surface area contributed by atoms with Crippen LogP contribution in [0.5, 0.6) is 0 Å². The van der Waals surface area contributed by atoms with Crippen LogP contribution in [0.15, 0.2) is 194 Å². The number of fused-ring (bicyclic) bond motifs is 11. The Labute approximate surface area is 297 Å². The second kappa shape index (κ2) is 10.6. The molecule has 0 fully saturated rings. The van der Waals surface area contributed by atoms with Crippen molar-refractivity contribution in [3.05, 3.63) is 228 Å². The largest absolute Gasteiger partial charge is 0.340 e. The molecule has 238 valence electrons. The van der Waals surface area contributed by atoms with E-state index in [9.17, 15) is 0 Å². The number of hydrogen-bond donors (Lipinski definition) is 0. The molecular weight excluding hydrogens is 617 g/mol. The highest BCUT2D eigenvalue weighted by Gasteiger charge is 2.66. The SMILES string of the molecule is c1ccc(-c2c3c(c(-c4ccccc4)c4cc5ccccc5cc24)C2(c4ccccc4)OC3(c3ccccc3)c3cc4ccccc4cc32)cc1. The first kappa shape index (κ1) is 28.5. The van der Waals surface area contributed by atoms with Gasteiger partial charge in [0.2, 0.25) is 0 Å². The average Bonchev–Trinajstić information content (AvgIpc) is 3.69. The van der Waals surface area contributed by atoms with Crippen molar-refractivity contribution < 1.29 is 4.74 Å². The minimum absolute atomic E-state index is 0.889. The van der Waals surface area contributed by atoms with Gasteiger partial charge in [-0.25, -0.2) is 0 Å². The molecule has 2 aliphatic heterocycles. The van der Waals surface area contributed by atoms with Crippen LogP contribution in [0.3, 0.4) is 0 Å². The molecule has 0 aliphatic carbocycles. The summed E-state index contributed by atoms with van der Waals surface area (Å²) >= 11 is 0. The lowest BCUT2D eigenvalue weighted by Gasteiger charge is -2.35. The van der Waals surface area contributed by atoms with Crippen LogP contribution in [-0.2, 0) is 15.9 Å². The summed E-state index contributed by atoms with van der Waals surface area (Å²) in [7, 11) is 0. The first-order valence-electron chi connectivity index (χ1n) is 17.8. The number of rotatable bonds is 4. The van der Waals surface area contributed by atoms with E-state index in [0.717, 1.165) is 11.1 Å². The molecular formula is C50H32O. The molecule has 51 heavy (non-hydrogen) atoms. The van der Waals surface area contributed by atoms with Gasteiger partial charge in [0.05, 0.1) is 0 Å². The van der Waals surface area contributed by atoms with E-state index in [0.29, 0.717) is 0 Å². The topological polar surface area (TPSA) is 9.23 Å². The quantitative estimate of drug-likeness (QED) is 0.173. The van der Waals surface area contributed by atoms with Crippen LogP contribution < -0.4 is 0 Å². The van der Waals surface area contributed by atoms with Crippen LogP contribution in [0.25, 0.3) is 54.6 Å². The predicted octanol–water partition coefficient (Wildman–Crippen LogP) is 12.4. The lowest BCUT2D eigenvalue weighted by Crippen LogP contribution is -2.29. The second-order valence-corrected chi connectivity index (χ2v) is 13.9. The highest BCUT2D eigenvalue weighted by Crippen LogP contribution is 2.70. The standard InChI is InChI=1S/C50H32O/c1-5-17-33(18-6-1)45-41-29-35-21-13-14-22-36(35)30-42(41)46(34-19-7-2-8-20-34)48-47(45)49(39-25-9-3-10-26-39)43-31-37-23-15-16-24-38(37)32-44(43)50(48,51-49)40-27-11-4-12-28-40/h1-32H. The smallest absolute Gasteiger partial charge is 0.147 e. The van der Waals surface area contributed by atoms with Crippen LogP contribution in [0.1, 0.15) is 33.4 Å². The maximum absolute atomic E-state index is 8.12. The first-order valence-corrected chi connectivity index (χ1v) is 17.8. The van der Waals surface area contributed by atoms with E-state index < -0.39 is 11.2 Å². The van der Waals surface area contributed by atoms with E-state index in [1.165, 1.54) is 76.8 Å². The summed E-state index contributed by atoms with van der Waals surface area (Å²) in [6, 6.07) is 71.0. The third kappa shape index (κ3) is 3.79. The minimum Gasteiger partial charge on any atom is -0.340 e. The van der Waals surface area contributed by atoms with Crippen molar-refractivity contribution >= 4 is 32.3 Å². The van der Waals surface area contributed by atoms with Crippen molar-refractivity contribution in [1.82, 2.24) is 0 Å². The molecule has 1 nitrogen and oxygen atoms in total. The summed E-state index contributed by atoms with van der Waals surface area (Å²) in [5, 5.41) is 7.34. The van der Waals surface area contributed by atoms with Crippen LogP contribution >= 0.6 is 0 Å². The summed E-state index contributed by atoms with van der Waals surface area (Å²) in [6.07, 6.45) is 0. The van der Waals surface area contributed by atoms with Gasteiger partial charge in [-0.15, -0.1) is 0 Å². The van der Waals surface area contributed by atoms with Crippen molar-refractivity contribution in [2.45, 2.75) is 11.2 Å². The fourth-order valence-electron chi connectivity index (χ4n) is 9.28. The van der Waals surface area contributed by atoms with Crippen molar-refractivity contribution in [2.24, 2.45) is 0 Å². The van der Waals surface area contributed by atoms with Crippen LogP contribution in [-0.4, -0.2) is 0 Å². The first-order chi connectivity index (χ1) is 25.3. The third-order valence-corrected chi connectivity index (χ3v) is 11.3. The van der Waals surface area contributed by atoms with E-state index in [1.807, 2.05) is 0 Å². The average molecular weight is 649 g/mol. The second-order valence-electron chi connectivity index (χ2n) is 13.9. The van der Waals surface area contributed by atoms with Gasteiger partial charge in [-0.3, -0.25) is 0 Å². The molecule has 2 heterocycles. The van der Waals surface area contributed by atoms with Gasteiger partial charge in [0.25, 0.3) is 0 Å². The Morgan fingerprint density at radius 3 is 1.00 bits per heavy atom. The van der Waals surface area contributed by atoms with E-state index >= 15 is 0 Å². The molecule has 11 rings (SSSR count). The summed E-state index contributed by atoms with van der Waals surface area (Å²) < 4.78 is 8.12. The molecule has 0 spiro atoms. The van der Waals surface area contributed by atoms with Gasteiger partial charge < -0.3 is 4.74 Å². The van der Waals surface area contributed by atoms with Crippen LogP contribution in [0.4, 0.5) is 0 Å². The highest BCUT2D eigenvalue weighted by molar-refractivity contribution is 6.14. The summed E-state index contributed by atoms with van der Waals surface area (Å²) in [6.45, 7) is 0. The molecule has 0 N–H and O–H groups in total. The van der Waals surface area contributed by atoms with Crippen molar-refractivity contribution in [1.29, 1.82) is 0 Å². The Hall–Kier alpha value is -6.28. The molecule has 9 aromatic carbocycles. The summed E-state index contributed by atoms with van der Waals surface area (Å²) in [4.78, 5) is 0. The molecule has 1 heteroatoms. The maximum Gasteiger partial charge on any atom is 0.147 e. The third-order valence-electron chi connectivity index (χ3n) is 11.3. The summed E-state index contributed by atoms with van der Waals surface area (Å²) in [5.41, 5.74) is 10.2. The number of hydrogen-bond acceptors (Lipinski definition) is 1. The molecule has 0 saturated heterocycles. The van der Waals surface area contributed by atoms with Gasteiger partial charge in [-0.2, -0.15) is 0 Å². The fourth-order valence-corrected chi connectivity index (χ4v) is 9.28. The van der Waals surface area contributed by atoms with Gasteiger partial charge in [-0.05, 0) is 90.0 Å². The highest BCUT2D eigenvalue weighted by atomic mass is 16.5. The fraction of sp³-hybridized carbons (Fsp3) is 0.0400. The maximum atomic E-state index is 8.12. The Balaban J connectivity index is 1.46. The molecule has 2 bridgehead atoms. The van der Waals surface area contributed by atoms with Crippen LogP contribution in [0.2, 0.25) is 0 Å². The zero-order valence-electron chi connectivity index (χ0n) is 27.9. The van der Waals surface area contributed by atoms with E-state index in [4.69, 9.17) is 4.74 Å². The Kier molecular flexibility index (Phi) is 5.94. The number of benzene rings is 9. The normalized spacial score (nSPS) is 18.7. The molecule has 0 amide bonds.